The van der Waals surface area contributed by atoms with Gasteiger partial charge in [0.25, 0.3) is 0 Å². The van der Waals surface area contributed by atoms with Gasteiger partial charge in [-0.15, -0.1) is 0 Å². The summed E-state index contributed by atoms with van der Waals surface area (Å²) in [4.78, 5) is 18.7. The Kier molecular flexibility index (Phi) is 4.65. The molecule has 0 amide bonds. The van der Waals surface area contributed by atoms with Crippen molar-refractivity contribution in [3.63, 3.8) is 0 Å². The molecular weight excluding hydrogens is 270 g/mol. The fraction of sp³-hybridized carbons (Fsp3) is 0.286. The maximum absolute atomic E-state index is 11.1. The minimum atomic E-state index is -0.490. The van der Waals surface area contributed by atoms with Gasteiger partial charge in [0, 0.05) is 6.54 Å². The summed E-state index contributed by atoms with van der Waals surface area (Å²) in [5, 5.41) is 17.1. The van der Waals surface area contributed by atoms with E-state index in [9.17, 15) is 10.1 Å². The molecule has 2 rings (SSSR count). The summed E-state index contributed by atoms with van der Waals surface area (Å²) in [7, 11) is 0. The quantitative estimate of drug-likeness (QED) is 0.626. The van der Waals surface area contributed by atoms with Gasteiger partial charge in [0.1, 0.15) is 6.20 Å². The molecule has 2 N–H and O–H groups in total. The number of rotatable bonds is 6. The lowest BCUT2D eigenvalue weighted by Gasteiger charge is -2.15. The molecule has 7 heteroatoms. The van der Waals surface area contributed by atoms with Crippen molar-refractivity contribution >= 4 is 17.5 Å². The molecule has 1 heterocycles. The summed E-state index contributed by atoms with van der Waals surface area (Å²) in [6, 6.07) is 9.57. The first-order valence-electron chi connectivity index (χ1n) is 6.68. The van der Waals surface area contributed by atoms with Gasteiger partial charge in [-0.05, 0) is 19.4 Å². The molecule has 7 nitrogen and oxygen atoms in total. The van der Waals surface area contributed by atoms with Gasteiger partial charge < -0.3 is 10.6 Å². The molecule has 21 heavy (non-hydrogen) atoms. The molecule has 1 unspecified atom stereocenters. The van der Waals surface area contributed by atoms with Crippen LogP contribution in [0.4, 0.5) is 17.5 Å². The highest BCUT2D eigenvalue weighted by molar-refractivity contribution is 5.57. The highest BCUT2D eigenvalue weighted by atomic mass is 16.6. The van der Waals surface area contributed by atoms with E-state index in [2.05, 4.69) is 20.6 Å². The standard InChI is InChI=1S/C14H17N5O2/c1-3-15-14-16-9-12(19(20)21)13(18-14)17-10(2)11-7-5-4-6-8-11/h4-10H,3H2,1-2H3,(H2,15,16,17,18). The van der Waals surface area contributed by atoms with E-state index >= 15 is 0 Å². The van der Waals surface area contributed by atoms with Crippen LogP contribution >= 0.6 is 0 Å². The van der Waals surface area contributed by atoms with E-state index in [4.69, 9.17) is 0 Å². The predicted molar refractivity (Wildman–Crippen MR) is 81.3 cm³/mol. The molecule has 0 aliphatic rings. The first-order valence-corrected chi connectivity index (χ1v) is 6.68. The summed E-state index contributed by atoms with van der Waals surface area (Å²) in [5.41, 5.74) is 0.884. The lowest BCUT2D eigenvalue weighted by atomic mass is 10.1. The molecule has 0 saturated heterocycles. The van der Waals surface area contributed by atoms with Crippen molar-refractivity contribution in [1.82, 2.24) is 9.97 Å². The van der Waals surface area contributed by atoms with Crippen LogP contribution in [0.15, 0.2) is 36.5 Å². The normalized spacial score (nSPS) is 11.7. The summed E-state index contributed by atoms with van der Waals surface area (Å²) in [5.74, 6) is 0.577. The molecule has 0 spiro atoms. The van der Waals surface area contributed by atoms with Crippen molar-refractivity contribution in [1.29, 1.82) is 0 Å². The van der Waals surface area contributed by atoms with Crippen molar-refractivity contribution in [2.75, 3.05) is 17.2 Å². The zero-order chi connectivity index (χ0) is 15.2. The van der Waals surface area contributed by atoms with Crippen molar-refractivity contribution in [2.45, 2.75) is 19.9 Å². The molecule has 0 aliphatic carbocycles. The number of nitrogens with zero attached hydrogens (tertiary/aromatic N) is 3. The van der Waals surface area contributed by atoms with Crippen molar-refractivity contribution in [2.24, 2.45) is 0 Å². The van der Waals surface area contributed by atoms with Gasteiger partial charge in [0.05, 0.1) is 11.0 Å². The Morgan fingerprint density at radius 3 is 2.67 bits per heavy atom. The molecule has 1 atom stereocenters. The minimum absolute atomic E-state index is 0.103. The number of aromatic nitrogens is 2. The Hall–Kier alpha value is -2.70. The number of benzene rings is 1. The highest BCUT2D eigenvalue weighted by Crippen LogP contribution is 2.26. The maximum Gasteiger partial charge on any atom is 0.329 e. The number of nitro groups is 1. The largest absolute Gasteiger partial charge is 0.358 e. The average molecular weight is 287 g/mol. The Morgan fingerprint density at radius 2 is 2.05 bits per heavy atom. The number of hydrogen-bond donors (Lipinski definition) is 2. The topological polar surface area (TPSA) is 93.0 Å². The lowest BCUT2D eigenvalue weighted by Crippen LogP contribution is -2.12. The summed E-state index contributed by atoms with van der Waals surface area (Å²) >= 11 is 0. The Labute approximate surface area is 122 Å². The van der Waals surface area contributed by atoms with Crippen molar-refractivity contribution in [3.8, 4) is 0 Å². The van der Waals surface area contributed by atoms with E-state index < -0.39 is 4.92 Å². The molecule has 2 aromatic rings. The van der Waals surface area contributed by atoms with Crippen LogP contribution < -0.4 is 10.6 Å². The molecule has 1 aromatic heterocycles. The third-order valence-corrected chi connectivity index (χ3v) is 2.95. The molecule has 0 saturated carbocycles. The third kappa shape index (κ3) is 3.65. The van der Waals surface area contributed by atoms with E-state index in [1.54, 1.807) is 0 Å². The first kappa shape index (κ1) is 14.7. The zero-order valence-electron chi connectivity index (χ0n) is 11.9. The summed E-state index contributed by atoms with van der Waals surface area (Å²) < 4.78 is 0. The van der Waals surface area contributed by atoms with Gasteiger partial charge in [-0.1, -0.05) is 30.3 Å². The fourth-order valence-electron chi connectivity index (χ4n) is 1.89. The van der Waals surface area contributed by atoms with Gasteiger partial charge in [0.15, 0.2) is 0 Å². The number of hydrogen-bond acceptors (Lipinski definition) is 6. The SMILES string of the molecule is CCNc1ncc([N+](=O)[O-])c(NC(C)c2ccccc2)n1. The molecular formula is C14H17N5O2. The fourth-order valence-corrected chi connectivity index (χ4v) is 1.89. The average Bonchev–Trinajstić information content (AvgIpc) is 2.48. The molecule has 0 fully saturated rings. The van der Waals surface area contributed by atoms with Crippen LogP contribution in [0.5, 0.6) is 0 Å². The van der Waals surface area contributed by atoms with E-state index in [0.29, 0.717) is 12.5 Å². The van der Waals surface area contributed by atoms with E-state index in [1.807, 2.05) is 44.2 Å². The van der Waals surface area contributed by atoms with Gasteiger partial charge in [0.2, 0.25) is 11.8 Å². The van der Waals surface area contributed by atoms with Gasteiger partial charge in [-0.25, -0.2) is 4.98 Å². The smallest absolute Gasteiger partial charge is 0.329 e. The predicted octanol–water partition coefficient (Wildman–Crippen LogP) is 2.99. The number of nitrogens with one attached hydrogen (secondary N) is 2. The van der Waals surface area contributed by atoms with Gasteiger partial charge in [-0.2, -0.15) is 4.98 Å². The first-order chi connectivity index (χ1) is 10.1. The van der Waals surface area contributed by atoms with Crippen molar-refractivity contribution < 1.29 is 4.92 Å². The maximum atomic E-state index is 11.1. The molecule has 0 bridgehead atoms. The minimum Gasteiger partial charge on any atom is -0.358 e. The second-order valence-electron chi connectivity index (χ2n) is 4.49. The van der Waals surface area contributed by atoms with Gasteiger partial charge in [-0.3, -0.25) is 10.1 Å². The molecule has 0 radical (unpaired) electrons. The van der Waals surface area contributed by atoms with E-state index in [1.165, 1.54) is 6.20 Å². The van der Waals surface area contributed by atoms with Gasteiger partial charge >= 0.3 is 5.69 Å². The Morgan fingerprint density at radius 1 is 1.33 bits per heavy atom. The highest BCUT2D eigenvalue weighted by Gasteiger charge is 2.19. The summed E-state index contributed by atoms with van der Waals surface area (Å²) in [6.07, 6.45) is 1.21. The van der Waals surface area contributed by atoms with E-state index in [0.717, 1.165) is 5.56 Å². The second-order valence-corrected chi connectivity index (χ2v) is 4.49. The molecule has 1 aromatic carbocycles. The zero-order valence-corrected chi connectivity index (χ0v) is 11.9. The van der Waals surface area contributed by atoms with Crippen LogP contribution in [0.3, 0.4) is 0 Å². The van der Waals surface area contributed by atoms with Crippen LogP contribution in [0.1, 0.15) is 25.5 Å². The van der Waals surface area contributed by atoms with Crippen LogP contribution in [0, 0.1) is 10.1 Å². The van der Waals surface area contributed by atoms with Crippen LogP contribution in [-0.2, 0) is 0 Å². The van der Waals surface area contributed by atoms with Crippen LogP contribution in [0.2, 0.25) is 0 Å². The Bertz CT molecular complexity index is 618. The molecule has 110 valence electrons. The van der Waals surface area contributed by atoms with Crippen LogP contribution in [0.25, 0.3) is 0 Å². The monoisotopic (exact) mass is 287 g/mol. The Balaban J connectivity index is 2.28. The lowest BCUT2D eigenvalue weighted by molar-refractivity contribution is -0.384. The third-order valence-electron chi connectivity index (χ3n) is 2.95. The van der Waals surface area contributed by atoms with Crippen molar-refractivity contribution in [3.05, 3.63) is 52.2 Å². The van der Waals surface area contributed by atoms with E-state index in [-0.39, 0.29) is 17.5 Å². The van der Waals surface area contributed by atoms with Crippen LogP contribution in [-0.4, -0.2) is 21.4 Å². The molecule has 0 aliphatic heterocycles. The summed E-state index contributed by atoms with van der Waals surface area (Å²) in [6.45, 7) is 4.48. The second kappa shape index (κ2) is 6.65. The number of anilines is 2.